The third kappa shape index (κ3) is 3.76. The first kappa shape index (κ1) is 20.9. The maximum absolute atomic E-state index is 13.7. The van der Waals surface area contributed by atoms with E-state index < -0.39 is 17.9 Å². The Bertz CT molecular complexity index is 1110. The van der Waals surface area contributed by atoms with Crippen molar-refractivity contribution in [3.63, 3.8) is 0 Å². The zero-order chi connectivity index (χ0) is 22.0. The highest BCUT2D eigenvalue weighted by molar-refractivity contribution is 6.08. The topological polar surface area (TPSA) is 84.7 Å². The zero-order valence-electron chi connectivity index (χ0n) is 17.8. The van der Waals surface area contributed by atoms with Crippen LogP contribution in [-0.2, 0) is 14.3 Å². The van der Waals surface area contributed by atoms with Crippen LogP contribution in [0.15, 0.2) is 48.5 Å². The number of imidazole rings is 1. The molecule has 4 rings (SSSR count). The first-order chi connectivity index (χ1) is 15.1. The van der Waals surface area contributed by atoms with Crippen LogP contribution in [0.3, 0.4) is 0 Å². The lowest BCUT2D eigenvalue weighted by Gasteiger charge is -2.38. The van der Waals surface area contributed by atoms with Gasteiger partial charge in [-0.2, -0.15) is 0 Å². The van der Waals surface area contributed by atoms with Gasteiger partial charge >= 0.3 is 5.97 Å². The van der Waals surface area contributed by atoms with Crippen LogP contribution in [0.1, 0.15) is 44.7 Å². The summed E-state index contributed by atoms with van der Waals surface area (Å²) in [5, 5.41) is 10.1. The van der Waals surface area contributed by atoms with Crippen LogP contribution >= 0.6 is 0 Å². The lowest BCUT2D eigenvalue weighted by atomic mass is 9.89. The zero-order valence-corrected chi connectivity index (χ0v) is 17.8. The van der Waals surface area contributed by atoms with E-state index in [4.69, 9.17) is 9.72 Å². The number of benzene rings is 2. The third-order valence-electron chi connectivity index (χ3n) is 5.68. The average molecular weight is 421 g/mol. The number of carbonyl (C=O) groups excluding carboxylic acids is 2. The van der Waals surface area contributed by atoms with Gasteiger partial charge in [-0.15, -0.1) is 0 Å². The number of fused-ring (bicyclic) bond motifs is 3. The highest BCUT2D eigenvalue weighted by Crippen LogP contribution is 2.41. The lowest BCUT2D eigenvalue weighted by Crippen LogP contribution is -2.50. The molecule has 0 aliphatic carbocycles. The molecule has 2 heterocycles. The molecular formula is C24H27N3O4. The van der Waals surface area contributed by atoms with Gasteiger partial charge in [0.15, 0.2) is 5.92 Å². The third-order valence-corrected chi connectivity index (χ3v) is 5.68. The van der Waals surface area contributed by atoms with Gasteiger partial charge in [-0.3, -0.25) is 14.5 Å². The van der Waals surface area contributed by atoms with E-state index in [1.165, 1.54) is 0 Å². The van der Waals surface area contributed by atoms with Crippen molar-refractivity contribution in [2.75, 3.05) is 18.1 Å². The minimum Gasteiger partial charge on any atom is -0.508 e. The molecule has 7 nitrogen and oxygen atoms in total. The molecular weight excluding hydrogens is 394 g/mol. The molecule has 0 unspecified atom stereocenters. The first-order valence-corrected chi connectivity index (χ1v) is 10.8. The summed E-state index contributed by atoms with van der Waals surface area (Å²) >= 11 is 0. The van der Waals surface area contributed by atoms with Crippen molar-refractivity contribution in [3.05, 3.63) is 54.1 Å². The Morgan fingerprint density at radius 2 is 1.94 bits per heavy atom. The number of carbonyl (C=O) groups is 2. The quantitative estimate of drug-likeness (QED) is 0.353. The second-order valence-corrected chi connectivity index (χ2v) is 7.74. The van der Waals surface area contributed by atoms with Crippen molar-refractivity contribution in [3.8, 4) is 5.75 Å². The van der Waals surface area contributed by atoms with Gasteiger partial charge in [0.1, 0.15) is 5.75 Å². The molecule has 1 N–H and O–H groups in total. The van der Waals surface area contributed by atoms with E-state index in [0.717, 1.165) is 30.3 Å². The molecule has 2 atom stereocenters. The summed E-state index contributed by atoms with van der Waals surface area (Å²) in [6, 6.07) is 13.7. The van der Waals surface area contributed by atoms with E-state index in [9.17, 15) is 14.7 Å². The van der Waals surface area contributed by atoms with Crippen molar-refractivity contribution in [1.82, 2.24) is 9.55 Å². The van der Waals surface area contributed by atoms with Gasteiger partial charge in [0.25, 0.3) is 0 Å². The Labute approximate surface area is 181 Å². The van der Waals surface area contributed by atoms with Crippen molar-refractivity contribution >= 4 is 28.9 Å². The Morgan fingerprint density at radius 3 is 2.68 bits per heavy atom. The molecule has 1 amide bonds. The summed E-state index contributed by atoms with van der Waals surface area (Å²) in [5.74, 6) is -1.34. The molecule has 0 saturated carbocycles. The predicted molar refractivity (Wildman–Crippen MR) is 118 cm³/mol. The Morgan fingerprint density at radius 1 is 1.13 bits per heavy atom. The van der Waals surface area contributed by atoms with E-state index in [1.807, 2.05) is 34.9 Å². The van der Waals surface area contributed by atoms with Gasteiger partial charge < -0.3 is 14.4 Å². The van der Waals surface area contributed by atoms with Crippen LogP contribution in [0.2, 0.25) is 0 Å². The number of nitrogens with zero attached hydrogens (tertiary/aromatic N) is 3. The number of anilines is 1. The Balaban J connectivity index is 1.94. The smallest absolute Gasteiger partial charge is 0.321 e. The summed E-state index contributed by atoms with van der Waals surface area (Å²) in [7, 11) is 0. The lowest BCUT2D eigenvalue weighted by molar-refractivity contribution is -0.153. The average Bonchev–Trinajstić information content (AvgIpc) is 3.14. The largest absolute Gasteiger partial charge is 0.508 e. The molecule has 31 heavy (non-hydrogen) atoms. The number of rotatable bonds is 7. The molecule has 0 spiro atoms. The van der Waals surface area contributed by atoms with E-state index >= 15 is 0 Å². The number of phenolic OH excluding ortho intramolecular Hbond substituents is 1. The first-order valence-electron chi connectivity index (χ1n) is 10.8. The van der Waals surface area contributed by atoms with Crippen molar-refractivity contribution in [1.29, 1.82) is 0 Å². The van der Waals surface area contributed by atoms with E-state index in [2.05, 4.69) is 6.92 Å². The number of amides is 1. The summed E-state index contributed by atoms with van der Waals surface area (Å²) in [4.78, 5) is 33.1. The van der Waals surface area contributed by atoms with Crippen LogP contribution in [-0.4, -0.2) is 39.7 Å². The molecule has 0 bridgehead atoms. The van der Waals surface area contributed by atoms with E-state index in [1.54, 1.807) is 30.0 Å². The van der Waals surface area contributed by atoms with Crippen LogP contribution in [0, 0.1) is 5.92 Å². The fraction of sp³-hybridized carbons (Fsp3) is 0.375. The van der Waals surface area contributed by atoms with Gasteiger partial charge in [-0.1, -0.05) is 44.0 Å². The van der Waals surface area contributed by atoms with Gasteiger partial charge in [-0.05, 0) is 43.2 Å². The molecule has 1 aromatic heterocycles. The number of phenols is 1. The molecule has 1 aliphatic heterocycles. The van der Waals surface area contributed by atoms with Crippen molar-refractivity contribution in [2.24, 2.45) is 5.92 Å². The normalized spacial score (nSPS) is 18.3. The summed E-state index contributed by atoms with van der Waals surface area (Å²) in [6.07, 6.45) is 2.81. The summed E-state index contributed by atoms with van der Waals surface area (Å²) in [6.45, 7) is 4.50. The van der Waals surface area contributed by atoms with Gasteiger partial charge in [0.2, 0.25) is 11.9 Å². The maximum atomic E-state index is 13.7. The van der Waals surface area contributed by atoms with Crippen LogP contribution in [0.5, 0.6) is 5.75 Å². The van der Waals surface area contributed by atoms with Gasteiger partial charge in [0.05, 0.1) is 23.7 Å². The fourth-order valence-corrected chi connectivity index (χ4v) is 4.29. The number of aromatic hydroxyl groups is 1. The van der Waals surface area contributed by atoms with E-state index in [-0.39, 0.29) is 18.3 Å². The highest BCUT2D eigenvalue weighted by Gasteiger charge is 2.47. The van der Waals surface area contributed by atoms with Crippen molar-refractivity contribution in [2.45, 2.75) is 39.2 Å². The SMILES string of the molecule is CCCCCN1C(=O)[C@@H](C(=O)OCC)[C@H](c2cccc(O)c2)n2c1nc1ccccc12. The molecule has 1 aliphatic rings. The molecule has 0 fully saturated rings. The number of ether oxygens (including phenoxy) is 1. The molecule has 2 aromatic carbocycles. The molecule has 0 saturated heterocycles. The summed E-state index contributed by atoms with van der Waals surface area (Å²) < 4.78 is 7.27. The predicted octanol–water partition coefficient (Wildman–Crippen LogP) is 4.05. The van der Waals surface area contributed by atoms with Crippen LogP contribution in [0.4, 0.5) is 5.95 Å². The van der Waals surface area contributed by atoms with Crippen LogP contribution < -0.4 is 4.90 Å². The Hall–Kier alpha value is -3.35. The molecule has 7 heteroatoms. The second kappa shape index (κ2) is 8.79. The maximum Gasteiger partial charge on any atom is 0.321 e. The number of para-hydroxylation sites is 2. The van der Waals surface area contributed by atoms with Crippen LogP contribution in [0.25, 0.3) is 11.0 Å². The molecule has 0 radical (unpaired) electrons. The number of hydrogen-bond donors (Lipinski definition) is 1. The minimum atomic E-state index is -1.06. The van der Waals surface area contributed by atoms with Crippen molar-refractivity contribution < 1.29 is 19.4 Å². The standard InChI is InChI=1S/C24H27N3O4/c1-3-5-8-14-26-22(29)20(23(30)31-4-2)21(16-10-9-11-17(28)15-16)27-19-13-7-6-12-18(19)25-24(26)27/h6-7,9-13,15,20-21,28H,3-5,8,14H2,1-2H3/t20-,21-/m0/s1. The highest BCUT2D eigenvalue weighted by atomic mass is 16.5. The second-order valence-electron chi connectivity index (χ2n) is 7.74. The monoisotopic (exact) mass is 421 g/mol. The molecule has 3 aromatic rings. The van der Waals surface area contributed by atoms with Gasteiger partial charge in [-0.25, -0.2) is 4.98 Å². The number of aromatic nitrogens is 2. The minimum absolute atomic E-state index is 0.0731. The Kier molecular flexibility index (Phi) is 5.93. The fourth-order valence-electron chi connectivity index (χ4n) is 4.29. The number of esters is 1. The molecule has 162 valence electrons. The summed E-state index contributed by atoms with van der Waals surface area (Å²) in [5.41, 5.74) is 2.23. The number of unbranched alkanes of at least 4 members (excludes halogenated alkanes) is 2. The number of hydrogen-bond acceptors (Lipinski definition) is 5. The van der Waals surface area contributed by atoms with E-state index in [0.29, 0.717) is 18.1 Å². The van der Waals surface area contributed by atoms with Gasteiger partial charge in [0, 0.05) is 6.54 Å².